The van der Waals surface area contributed by atoms with Crippen LogP contribution in [-0.2, 0) is 0 Å². The van der Waals surface area contributed by atoms with E-state index in [1.807, 2.05) is 51.1 Å². The fraction of sp³-hybridized carbons (Fsp3) is 0.174. The molecule has 0 bridgehead atoms. The third-order valence-corrected chi connectivity index (χ3v) is 5.63. The van der Waals surface area contributed by atoms with Crippen molar-refractivity contribution >= 4 is 38.8 Å². The molecule has 3 N–H and O–H groups in total. The van der Waals surface area contributed by atoms with Crippen LogP contribution in [0, 0.1) is 6.92 Å². The summed E-state index contributed by atoms with van der Waals surface area (Å²) in [6, 6.07) is 15.0. The minimum absolute atomic E-state index is 0.0676. The van der Waals surface area contributed by atoms with E-state index in [9.17, 15) is 9.90 Å². The lowest BCUT2D eigenvalue weighted by molar-refractivity contribution is 0.0947. The van der Waals surface area contributed by atoms with E-state index in [1.165, 1.54) is 11.3 Å². The maximum absolute atomic E-state index is 12.3. The largest absolute Gasteiger partial charge is 0.507 e. The van der Waals surface area contributed by atoms with Crippen LogP contribution in [0.15, 0.2) is 54.7 Å². The van der Waals surface area contributed by atoms with Crippen molar-refractivity contribution in [1.29, 1.82) is 0 Å². The van der Waals surface area contributed by atoms with Gasteiger partial charge in [-0.3, -0.25) is 4.79 Å². The molecule has 2 aromatic carbocycles. The molecule has 0 radical (unpaired) electrons. The average Bonchev–Trinajstić information content (AvgIpc) is 3.12. The van der Waals surface area contributed by atoms with Crippen LogP contribution in [0.3, 0.4) is 0 Å². The number of carbonyl (C=O) groups is 1. The molecule has 0 saturated heterocycles. The molecule has 0 aliphatic rings. The standard InChI is InChI=1S/C23H22N4O2S/c1-13(2)25-23(29)21-11-16-10-15(4-7-20(16)30-21)18-12-17(5-6-19(18)28)27-22-8-9-24-14(3)26-22/h4-13,28H,1-3H3,(H,25,29)(H,24,26,27). The second-order valence-corrected chi connectivity index (χ2v) is 8.42. The number of aryl methyl sites for hydroxylation is 1. The molecule has 0 spiro atoms. The quantitative estimate of drug-likeness (QED) is 0.385. The predicted octanol–water partition coefficient (Wildman–Crippen LogP) is 5.25. The van der Waals surface area contributed by atoms with Crippen LogP contribution in [0.1, 0.15) is 29.3 Å². The highest BCUT2D eigenvalue weighted by Gasteiger charge is 2.13. The van der Waals surface area contributed by atoms with Gasteiger partial charge in [-0.15, -0.1) is 11.3 Å². The van der Waals surface area contributed by atoms with Gasteiger partial charge in [-0.25, -0.2) is 9.97 Å². The highest BCUT2D eigenvalue weighted by Crippen LogP contribution is 2.36. The first kappa shape index (κ1) is 19.8. The van der Waals surface area contributed by atoms with E-state index in [0.29, 0.717) is 22.1 Å². The number of benzene rings is 2. The molecule has 2 aromatic heterocycles. The molecule has 0 atom stereocenters. The van der Waals surface area contributed by atoms with Crippen molar-refractivity contribution in [3.05, 3.63) is 65.4 Å². The van der Waals surface area contributed by atoms with Crippen LogP contribution in [0.5, 0.6) is 5.75 Å². The Balaban J connectivity index is 1.66. The van der Waals surface area contributed by atoms with Gasteiger partial charge in [-0.2, -0.15) is 0 Å². The number of anilines is 2. The third-order valence-electron chi connectivity index (χ3n) is 4.52. The summed E-state index contributed by atoms with van der Waals surface area (Å²) in [6.07, 6.45) is 1.70. The summed E-state index contributed by atoms with van der Waals surface area (Å²) in [5.41, 5.74) is 2.38. The van der Waals surface area contributed by atoms with Crippen molar-refractivity contribution in [3.8, 4) is 16.9 Å². The molecule has 0 unspecified atom stereocenters. The van der Waals surface area contributed by atoms with Crippen molar-refractivity contribution in [2.24, 2.45) is 0 Å². The SMILES string of the molecule is Cc1nccc(Nc2ccc(O)c(-c3ccc4sc(C(=O)NC(C)C)cc4c3)c2)n1. The summed E-state index contributed by atoms with van der Waals surface area (Å²) in [5.74, 6) is 1.49. The zero-order valence-electron chi connectivity index (χ0n) is 16.9. The summed E-state index contributed by atoms with van der Waals surface area (Å²) in [6.45, 7) is 5.71. The van der Waals surface area contributed by atoms with Crippen molar-refractivity contribution in [3.63, 3.8) is 0 Å². The summed E-state index contributed by atoms with van der Waals surface area (Å²) >= 11 is 1.46. The number of amides is 1. The first-order chi connectivity index (χ1) is 14.4. The summed E-state index contributed by atoms with van der Waals surface area (Å²) < 4.78 is 1.03. The summed E-state index contributed by atoms with van der Waals surface area (Å²) in [5, 5.41) is 17.6. The van der Waals surface area contributed by atoms with Gasteiger partial charge in [0.25, 0.3) is 5.91 Å². The minimum Gasteiger partial charge on any atom is -0.507 e. The molecule has 2 heterocycles. The minimum atomic E-state index is -0.0676. The van der Waals surface area contributed by atoms with E-state index in [2.05, 4.69) is 20.6 Å². The van der Waals surface area contributed by atoms with Crippen LogP contribution in [-0.4, -0.2) is 27.0 Å². The van der Waals surface area contributed by atoms with Gasteiger partial charge in [0.05, 0.1) is 4.88 Å². The molecule has 0 aliphatic heterocycles. The Morgan fingerprint density at radius 2 is 1.93 bits per heavy atom. The summed E-state index contributed by atoms with van der Waals surface area (Å²) in [4.78, 5) is 21.4. The van der Waals surface area contributed by atoms with Gasteiger partial charge in [0, 0.05) is 28.2 Å². The molecular formula is C23H22N4O2S. The van der Waals surface area contributed by atoms with E-state index in [1.54, 1.807) is 24.4 Å². The molecule has 30 heavy (non-hydrogen) atoms. The van der Waals surface area contributed by atoms with Crippen molar-refractivity contribution in [2.75, 3.05) is 5.32 Å². The van der Waals surface area contributed by atoms with Crippen LogP contribution in [0.2, 0.25) is 0 Å². The number of nitrogens with one attached hydrogen (secondary N) is 2. The number of aromatic hydroxyl groups is 1. The predicted molar refractivity (Wildman–Crippen MR) is 122 cm³/mol. The highest BCUT2D eigenvalue weighted by atomic mass is 32.1. The number of rotatable bonds is 5. The van der Waals surface area contributed by atoms with Crippen molar-refractivity contribution < 1.29 is 9.90 Å². The van der Waals surface area contributed by atoms with Crippen LogP contribution >= 0.6 is 11.3 Å². The zero-order valence-corrected chi connectivity index (χ0v) is 17.7. The van der Waals surface area contributed by atoms with Gasteiger partial charge in [-0.05, 0) is 74.2 Å². The number of hydrogen-bond acceptors (Lipinski definition) is 6. The van der Waals surface area contributed by atoms with Crippen LogP contribution < -0.4 is 10.6 Å². The first-order valence-corrected chi connectivity index (χ1v) is 10.5. The second-order valence-electron chi connectivity index (χ2n) is 7.34. The number of carbonyl (C=O) groups excluding carboxylic acids is 1. The number of aromatic nitrogens is 2. The molecule has 152 valence electrons. The second kappa shape index (κ2) is 8.12. The number of thiophene rings is 1. The van der Waals surface area contributed by atoms with E-state index >= 15 is 0 Å². The monoisotopic (exact) mass is 418 g/mol. The highest BCUT2D eigenvalue weighted by molar-refractivity contribution is 7.20. The smallest absolute Gasteiger partial charge is 0.261 e. The van der Waals surface area contributed by atoms with Gasteiger partial charge in [-0.1, -0.05) is 6.07 Å². The average molecular weight is 419 g/mol. The van der Waals surface area contributed by atoms with E-state index < -0.39 is 0 Å². The first-order valence-electron chi connectivity index (χ1n) is 9.63. The van der Waals surface area contributed by atoms with E-state index in [-0.39, 0.29) is 17.7 Å². The summed E-state index contributed by atoms with van der Waals surface area (Å²) in [7, 11) is 0. The van der Waals surface area contributed by atoms with Gasteiger partial charge < -0.3 is 15.7 Å². The molecule has 6 nitrogen and oxygen atoms in total. The van der Waals surface area contributed by atoms with Gasteiger partial charge in [0.1, 0.15) is 17.4 Å². The van der Waals surface area contributed by atoms with Gasteiger partial charge in [0.2, 0.25) is 0 Å². The number of phenolic OH excluding ortho intramolecular Hbond substituents is 1. The van der Waals surface area contributed by atoms with Crippen molar-refractivity contribution in [1.82, 2.24) is 15.3 Å². The number of fused-ring (bicyclic) bond motifs is 1. The maximum Gasteiger partial charge on any atom is 0.261 e. The van der Waals surface area contributed by atoms with Crippen LogP contribution in [0.25, 0.3) is 21.2 Å². The Kier molecular flexibility index (Phi) is 5.37. The fourth-order valence-corrected chi connectivity index (χ4v) is 4.12. The lowest BCUT2D eigenvalue weighted by Crippen LogP contribution is -2.29. The Morgan fingerprint density at radius 1 is 1.10 bits per heavy atom. The lowest BCUT2D eigenvalue weighted by Gasteiger charge is -2.10. The molecule has 4 aromatic rings. The molecule has 0 aliphatic carbocycles. The zero-order chi connectivity index (χ0) is 21.3. The Labute approximate surface area is 178 Å². The normalized spacial score (nSPS) is 11.1. The van der Waals surface area contributed by atoms with Gasteiger partial charge in [0.15, 0.2) is 0 Å². The molecule has 1 amide bonds. The molecule has 0 saturated carbocycles. The number of nitrogens with zero attached hydrogens (tertiary/aromatic N) is 2. The lowest BCUT2D eigenvalue weighted by atomic mass is 10.0. The van der Waals surface area contributed by atoms with E-state index in [4.69, 9.17) is 0 Å². The maximum atomic E-state index is 12.3. The Hall–Kier alpha value is -3.45. The topological polar surface area (TPSA) is 87.1 Å². The van der Waals surface area contributed by atoms with Gasteiger partial charge >= 0.3 is 0 Å². The van der Waals surface area contributed by atoms with E-state index in [0.717, 1.165) is 21.3 Å². The Morgan fingerprint density at radius 3 is 2.70 bits per heavy atom. The fourth-order valence-electron chi connectivity index (χ4n) is 3.17. The van der Waals surface area contributed by atoms with Crippen LogP contribution in [0.4, 0.5) is 11.5 Å². The Bertz CT molecular complexity index is 1230. The number of phenols is 1. The van der Waals surface area contributed by atoms with Crippen molar-refractivity contribution in [2.45, 2.75) is 26.8 Å². The third kappa shape index (κ3) is 4.26. The molecular weight excluding hydrogens is 396 g/mol. The number of hydrogen-bond donors (Lipinski definition) is 3. The molecule has 7 heteroatoms. The molecule has 4 rings (SSSR count). The molecule has 0 fully saturated rings.